The number of methoxy groups -OCH3 is 3. The smallest absolute Gasteiger partial charge is 0.305 e. The predicted molar refractivity (Wildman–Crippen MR) is 95.0 cm³/mol. The van der Waals surface area contributed by atoms with Crippen LogP contribution in [0.1, 0.15) is 28.4 Å². The van der Waals surface area contributed by atoms with Crippen LogP contribution in [0.25, 0.3) is 0 Å². The fraction of sp³-hybridized carbons (Fsp3) is 0.263. The molecular weight excluding hydrogens is 338 g/mol. The summed E-state index contributed by atoms with van der Waals surface area (Å²) in [4.78, 5) is 23.9. The molecule has 0 fully saturated rings. The molecule has 26 heavy (non-hydrogen) atoms. The lowest BCUT2D eigenvalue weighted by Crippen LogP contribution is -2.30. The molecule has 1 amide bonds. The van der Waals surface area contributed by atoms with Crippen molar-refractivity contribution in [3.8, 4) is 17.2 Å². The maximum atomic E-state index is 12.7. The van der Waals surface area contributed by atoms with E-state index < -0.39 is 17.9 Å². The molecule has 0 aliphatic heterocycles. The Labute approximate surface area is 151 Å². The van der Waals surface area contributed by atoms with Crippen LogP contribution in [-0.4, -0.2) is 38.3 Å². The van der Waals surface area contributed by atoms with Crippen molar-refractivity contribution in [2.75, 3.05) is 21.3 Å². The normalized spacial score (nSPS) is 11.3. The standard InChI is InChI=1S/C19H21NO6/c1-24-13-9-7-12(8-10-13)15(11-17(21)22)20-19(23)14-5-4-6-16(25-2)18(14)26-3/h4-10,15H,11H2,1-3H3,(H,20,23)(H,21,22)/t15-/m1/s1. The summed E-state index contributed by atoms with van der Waals surface area (Å²) in [5, 5.41) is 11.9. The van der Waals surface area contributed by atoms with Gasteiger partial charge in [0.2, 0.25) is 0 Å². The van der Waals surface area contributed by atoms with Crippen LogP contribution < -0.4 is 19.5 Å². The van der Waals surface area contributed by atoms with Gasteiger partial charge in [-0.25, -0.2) is 0 Å². The Bertz CT molecular complexity index is 772. The van der Waals surface area contributed by atoms with Gasteiger partial charge in [-0.2, -0.15) is 0 Å². The topological polar surface area (TPSA) is 94.1 Å². The molecule has 2 aromatic rings. The van der Waals surface area contributed by atoms with E-state index in [2.05, 4.69) is 5.32 Å². The van der Waals surface area contributed by atoms with E-state index in [-0.39, 0.29) is 17.7 Å². The van der Waals surface area contributed by atoms with E-state index in [0.29, 0.717) is 17.1 Å². The zero-order valence-corrected chi connectivity index (χ0v) is 14.8. The summed E-state index contributed by atoms with van der Waals surface area (Å²) in [7, 11) is 4.46. The van der Waals surface area contributed by atoms with Crippen molar-refractivity contribution in [1.29, 1.82) is 0 Å². The average Bonchev–Trinajstić information content (AvgIpc) is 2.66. The van der Waals surface area contributed by atoms with Gasteiger partial charge in [-0.05, 0) is 29.8 Å². The highest BCUT2D eigenvalue weighted by molar-refractivity contribution is 5.98. The Balaban J connectivity index is 2.30. The molecule has 7 nitrogen and oxygen atoms in total. The van der Waals surface area contributed by atoms with E-state index in [9.17, 15) is 14.7 Å². The van der Waals surface area contributed by atoms with Crippen molar-refractivity contribution in [2.24, 2.45) is 0 Å². The molecular formula is C19H21NO6. The molecule has 0 radical (unpaired) electrons. The zero-order chi connectivity index (χ0) is 19.1. The summed E-state index contributed by atoms with van der Waals surface area (Å²) >= 11 is 0. The monoisotopic (exact) mass is 359 g/mol. The Kier molecular flexibility index (Phi) is 6.43. The second-order valence-corrected chi connectivity index (χ2v) is 5.44. The minimum atomic E-state index is -1.02. The number of nitrogens with one attached hydrogen (secondary N) is 1. The second kappa shape index (κ2) is 8.75. The Morgan fingerprint density at radius 3 is 2.23 bits per heavy atom. The molecule has 2 N–H and O–H groups in total. The quantitative estimate of drug-likeness (QED) is 0.753. The highest BCUT2D eigenvalue weighted by Crippen LogP contribution is 2.31. The maximum Gasteiger partial charge on any atom is 0.305 e. The molecule has 0 aromatic heterocycles. The van der Waals surface area contributed by atoms with E-state index >= 15 is 0 Å². The number of rotatable bonds is 8. The van der Waals surface area contributed by atoms with Gasteiger partial charge in [0.05, 0.1) is 39.4 Å². The third kappa shape index (κ3) is 4.44. The van der Waals surface area contributed by atoms with Gasteiger partial charge >= 0.3 is 5.97 Å². The van der Waals surface area contributed by atoms with E-state index in [0.717, 1.165) is 0 Å². The predicted octanol–water partition coefficient (Wildman–Crippen LogP) is 2.66. The zero-order valence-electron chi connectivity index (χ0n) is 14.8. The van der Waals surface area contributed by atoms with Crippen molar-refractivity contribution in [3.63, 3.8) is 0 Å². The van der Waals surface area contributed by atoms with Gasteiger partial charge in [0.25, 0.3) is 5.91 Å². The van der Waals surface area contributed by atoms with Crippen molar-refractivity contribution in [1.82, 2.24) is 5.32 Å². The first-order valence-corrected chi connectivity index (χ1v) is 7.87. The van der Waals surface area contributed by atoms with Crippen LogP contribution in [0.4, 0.5) is 0 Å². The van der Waals surface area contributed by atoms with Crippen molar-refractivity contribution in [2.45, 2.75) is 12.5 Å². The largest absolute Gasteiger partial charge is 0.497 e. The number of carboxylic acids is 1. The van der Waals surface area contributed by atoms with Crippen LogP contribution in [-0.2, 0) is 4.79 Å². The molecule has 1 atom stereocenters. The Morgan fingerprint density at radius 2 is 1.69 bits per heavy atom. The number of aliphatic carboxylic acids is 1. The van der Waals surface area contributed by atoms with Crippen LogP contribution in [0.3, 0.4) is 0 Å². The molecule has 0 heterocycles. The Hall–Kier alpha value is -3.22. The number of ether oxygens (including phenoxy) is 3. The van der Waals surface area contributed by atoms with Gasteiger partial charge in [0.15, 0.2) is 11.5 Å². The summed E-state index contributed by atoms with van der Waals surface area (Å²) in [6.45, 7) is 0. The maximum absolute atomic E-state index is 12.7. The summed E-state index contributed by atoms with van der Waals surface area (Å²) in [5.41, 5.74) is 0.916. The van der Waals surface area contributed by atoms with E-state index in [1.165, 1.54) is 14.2 Å². The van der Waals surface area contributed by atoms with Crippen LogP contribution in [0.5, 0.6) is 17.2 Å². The minimum absolute atomic E-state index is 0.260. The molecule has 0 saturated heterocycles. The first-order valence-electron chi connectivity index (χ1n) is 7.87. The minimum Gasteiger partial charge on any atom is -0.497 e. The lowest BCUT2D eigenvalue weighted by Gasteiger charge is -2.19. The summed E-state index contributed by atoms with van der Waals surface area (Å²) in [6, 6.07) is 11.1. The van der Waals surface area contributed by atoms with E-state index in [1.54, 1.807) is 49.6 Å². The molecule has 0 spiro atoms. The van der Waals surface area contributed by atoms with Crippen molar-refractivity contribution < 1.29 is 28.9 Å². The van der Waals surface area contributed by atoms with Gasteiger partial charge in [-0.3, -0.25) is 9.59 Å². The van der Waals surface area contributed by atoms with Crippen molar-refractivity contribution >= 4 is 11.9 Å². The first-order chi connectivity index (χ1) is 12.5. The van der Waals surface area contributed by atoms with Crippen LogP contribution >= 0.6 is 0 Å². The molecule has 0 aliphatic rings. The summed E-state index contributed by atoms with van der Waals surface area (Å²) in [5.74, 6) is -0.133. The molecule has 138 valence electrons. The molecule has 0 unspecified atom stereocenters. The molecule has 0 bridgehead atoms. The second-order valence-electron chi connectivity index (χ2n) is 5.44. The van der Waals surface area contributed by atoms with E-state index in [4.69, 9.17) is 14.2 Å². The highest BCUT2D eigenvalue weighted by atomic mass is 16.5. The molecule has 0 saturated carbocycles. The van der Waals surface area contributed by atoms with Crippen molar-refractivity contribution in [3.05, 3.63) is 53.6 Å². The van der Waals surface area contributed by atoms with Crippen LogP contribution in [0, 0.1) is 0 Å². The number of carbonyl (C=O) groups is 2. The molecule has 7 heteroatoms. The molecule has 0 aliphatic carbocycles. The fourth-order valence-electron chi connectivity index (χ4n) is 2.56. The Morgan fingerprint density at radius 1 is 1.00 bits per heavy atom. The lowest BCUT2D eigenvalue weighted by molar-refractivity contribution is -0.137. The number of carbonyl (C=O) groups excluding carboxylic acids is 1. The average molecular weight is 359 g/mol. The fourth-order valence-corrected chi connectivity index (χ4v) is 2.56. The van der Waals surface area contributed by atoms with Crippen LogP contribution in [0.15, 0.2) is 42.5 Å². The molecule has 2 aromatic carbocycles. The van der Waals surface area contributed by atoms with Crippen LogP contribution in [0.2, 0.25) is 0 Å². The van der Waals surface area contributed by atoms with Gasteiger partial charge in [-0.15, -0.1) is 0 Å². The van der Waals surface area contributed by atoms with Gasteiger partial charge in [0.1, 0.15) is 5.75 Å². The molecule has 2 rings (SSSR count). The number of hydrogen-bond acceptors (Lipinski definition) is 5. The summed E-state index contributed by atoms with van der Waals surface area (Å²) < 4.78 is 15.6. The number of hydrogen-bond donors (Lipinski definition) is 2. The highest BCUT2D eigenvalue weighted by Gasteiger charge is 2.22. The number of amides is 1. The summed E-state index contributed by atoms with van der Waals surface area (Å²) in [6.07, 6.45) is -0.260. The van der Waals surface area contributed by atoms with Gasteiger partial charge in [-0.1, -0.05) is 18.2 Å². The number of para-hydroxylation sites is 1. The third-order valence-corrected chi connectivity index (χ3v) is 3.85. The first kappa shape index (κ1) is 19.1. The SMILES string of the molecule is COc1ccc([C@@H](CC(=O)O)NC(=O)c2cccc(OC)c2OC)cc1. The van der Waals surface area contributed by atoms with Gasteiger partial charge < -0.3 is 24.6 Å². The number of benzene rings is 2. The number of carboxylic acid groups (broad SMARTS) is 1. The third-order valence-electron chi connectivity index (χ3n) is 3.85. The lowest BCUT2D eigenvalue weighted by atomic mass is 10.0. The van der Waals surface area contributed by atoms with Gasteiger partial charge in [0, 0.05) is 0 Å². The van der Waals surface area contributed by atoms with E-state index in [1.807, 2.05) is 0 Å².